The zero-order valence-electron chi connectivity index (χ0n) is 8.45. The van der Waals surface area contributed by atoms with Crippen LogP contribution >= 0.6 is 11.9 Å². The molecule has 7 heteroatoms. The molecule has 82 valence electrons. The molecular formula is C9H9N4O2S+. The van der Waals surface area contributed by atoms with E-state index < -0.39 is 11.1 Å². The molecule has 0 amide bonds. The molecule has 0 unspecified atom stereocenters. The quantitative estimate of drug-likeness (QED) is 0.554. The Morgan fingerprint density at radius 2 is 2.00 bits per heavy atom. The van der Waals surface area contributed by atoms with Crippen molar-refractivity contribution in [1.82, 2.24) is 14.8 Å². The Labute approximate surface area is 94.7 Å². The molecule has 1 N–H and O–H groups in total. The molecule has 0 saturated carbocycles. The van der Waals surface area contributed by atoms with Crippen molar-refractivity contribution in [3.8, 4) is 0 Å². The Kier molecular flexibility index (Phi) is 2.86. The summed E-state index contributed by atoms with van der Waals surface area (Å²) >= 11 is 1.24. The second-order valence-electron chi connectivity index (χ2n) is 3.03. The normalized spacial score (nSPS) is 10.3. The van der Waals surface area contributed by atoms with Crippen molar-refractivity contribution in [3.05, 3.63) is 51.3 Å². The Morgan fingerprint density at radius 3 is 2.69 bits per heavy atom. The topological polar surface area (TPSA) is 71.6 Å². The van der Waals surface area contributed by atoms with Crippen molar-refractivity contribution in [3.63, 3.8) is 0 Å². The molecule has 0 radical (unpaired) electrons. The monoisotopic (exact) mass is 237 g/mol. The number of aromatic nitrogens is 4. The van der Waals surface area contributed by atoms with E-state index in [4.69, 9.17) is 0 Å². The lowest BCUT2D eigenvalue weighted by Gasteiger charge is -1.98. The Hall–Kier alpha value is -1.89. The van der Waals surface area contributed by atoms with Crippen LogP contribution in [0.2, 0.25) is 0 Å². The highest BCUT2D eigenvalue weighted by atomic mass is 32.2. The van der Waals surface area contributed by atoms with Gasteiger partial charge < -0.3 is 0 Å². The van der Waals surface area contributed by atoms with E-state index in [0.29, 0.717) is 5.16 Å². The van der Waals surface area contributed by atoms with E-state index in [2.05, 4.69) is 10.2 Å². The second-order valence-corrected chi connectivity index (χ2v) is 4.00. The summed E-state index contributed by atoms with van der Waals surface area (Å²) in [5, 5.41) is 6.38. The van der Waals surface area contributed by atoms with Gasteiger partial charge in [-0.2, -0.15) is 0 Å². The molecule has 0 atom stereocenters. The van der Waals surface area contributed by atoms with E-state index in [0.717, 1.165) is 0 Å². The number of H-pyrrole nitrogens is 1. The Morgan fingerprint density at radius 1 is 1.31 bits per heavy atom. The molecule has 6 nitrogen and oxygen atoms in total. The van der Waals surface area contributed by atoms with E-state index in [1.807, 2.05) is 30.6 Å². The summed E-state index contributed by atoms with van der Waals surface area (Å²) in [6.07, 6.45) is 3.64. The lowest BCUT2D eigenvalue weighted by atomic mass is 10.5. The van der Waals surface area contributed by atoms with Crippen molar-refractivity contribution < 1.29 is 3.97 Å². The van der Waals surface area contributed by atoms with Gasteiger partial charge in [0.05, 0.1) is 0 Å². The van der Waals surface area contributed by atoms with Gasteiger partial charge in [-0.3, -0.25) is 14.2 Å². The maximum absolute atomic E-state index is 11.3. The zero-order valence-corrected chi connectivity index (χ0v) is 9.27. The molecule has 2 rings (SSSR count). The van der Waals surface area contributed by atoms with Crippen LogP contribution in [0, 0.1) is 0 Å². The van der Waals surface area contributed by atoms with Gasteiger partial charge in [-0.15, -0.1) is 9.07 Å². The Bertz CT molecular complexity index is 605. The SMILES string of the molecule is Cn1c(S[n+]2ccccc2)n[nH]c(=O)c1=O. The highest BCUT2D eigenvalue weighted by Gasteiger charge is 2.12. The van der Waals surface area contributed by atoms with Gasteiger partial charge >= 0.3 is 11.1 Å². The largest absolute Gasteiger partial charge is 0.330 e. The number of nitrogens with one attached hydrogen (secondary N) is 1. The van der Waals surface area contributed by atoms with Gasteiger partial charge in [0.2, 0.25) is 11.9 Å². The standard InChI is InChI=1S/C9H8N4O2S/c1-12-8(15)7(14)10-11-9(12)16-13-5-3-2-4-6-13/h2-6H,1H3/p+1. The summed E-state index contributed by atoms with van der Waals surface area (Å²) in [7, 11) is 1.51. The van der Waals surface area contributed by atoms with Crippen LogP contribution in [-0.2, 0) is 7.05 Å². The van der Waals surface area contributed by atoms with Crippen LogP contribution in [0.4, 0.5) is 0 Å². The summed E-state index contributed by atoms with van der Waals surface area (Å²) in [5.74, 6) is 0. The fourth-order valence-corrected chi connectivity index (χ4v) is 1.82. The molecule has 0 saturated heterocycles. The number of rotatable bonds is 2. The van der Waals surface area contributed by atoms with Gasteiger partial charge in [-0.05, 0) is 0 Å². The first-order valence-electron chi connectivity index (χ1n) is 4.49. The van der Waals surface area contributed by atoms with Gasteiger partial charge in [0.25, 0.3) is 5.16 Å². The molecule has 2 heterocycles. The predicted octanol–water partition coefficient (Wildman–Crippen LogP) is -0.689. The molecule has 2 aromatic rings. The van der Waals surface area contributed by atoms with Crippen LogP contribution in [0.25, 0.3) is 0 Å². The maximum atomic E-state index is 11.3. The van der Waals surface area contributed by atoms with Crippen LogP contribution in [0.1, 0.15) is 0 Å². The first-order valence-corrected chi connectivity index (χ1v) is 5.26. The number of hydrogen-bond donors (Lipinski definition) is 1. The summed E-state index contributed by atoms with van der Waals surface area (Å²) in [5.41, 5.74) is -1.33. The van der Waals surface area contributed by atoms with Gasteiger partial charge in [0.15, 0.2) is 12.4 Å². The first-order chi connectivity index (χ1) is 7.68. The highest BCUT2D eigenvalue weighted by molar-refractivity contribution is 7.92. The fraction of sp³-hybridized carbons (Fsp3) is 0.111. The van der Waals surface area contributed by atoms with E-state index in [1.54, 1.807) is 3.97 Å². The van der Waals surface area contributed by atoms with Crippen LogP contribution in [-0.4, -0.2) is 14.8 Å². The lowest BCUT2D eigenvalue weighted by molar-refractivity contribution is -0.494. The molecule has 16 heavy (non-hydrogen) atoms. The number of aromatic amines is 1. The van der Waals surface area contributed by atoms with Crippen LogP contribution in [0.3, 0.4) is 0 Å². The minimum atomic E-state index is -0.718. The molecular weight excluding hydrogens is 228 g/mol. The first kappa shape index (κ1) is 10.6. The van der Waals surface area contributed by atoms with Crippen molar-refractivity contribution in [1.29, 1.82) is 0 Å². The van der Waals surface area contributed by atoms with Gasteiger partial charge in [-0.25, -0.2) is 5.10 Å². The van der Waals surface area contributed by atoms with Crippen molar-refractivity contribution >= 4 is 11.9 Å². The van der Waals surface area contributed by atoms with Crippen molar-refractivity contribution in [2.75, 3.05) is 0 Å². The zero-order chi connectivity index (χ0) is 11.5. The Balaban J connectivity index is 2.40. The van der Waals surface area contributed by atoms with Crippen LogP contribution < -0.4 is 15.1 Å². The smallest absolute Gasteiger partial charge is 0.280 e. The molecule has 0 aliphatic carbocycles. The third kappa shape index (κ3) is 2.03. The average molecular weight is 237 g/mol. The van der Waals surface area contributed by atoms with E-state index in [1.165, 1.54) is 23.6 Å². The van der Waals surface area contributed by atoms with Gasteiger partial charge in [-0.1, -0.05) is 6.07 Å². The second kappa shape index (κ2) is 4.31. The minimum Gasteiger partial charge on any atom is -0.280 e. The van der Waals surface area contributed by atoms with Crippen molar-refractivity contribution in [2.24, 2.45) is 7.05 Å². The molecule has 0 aliphatic rings. The highest BCUT2D eigenvalue weighted by Crippen LogP contribution is 2.04. The number of hydrogen-bond acceptors (Lipinski definition) is 4. The molecule has 0 fully saturated rings. The van der Waals surface area contributed by atoms with Crippen LogP contribution in [0.5, 0.6) is 0 Å². The van der Waals surface area contributed by atoms with Crippen molar-refractivity contribution in [2.45, 2.75) is 5.16 Å². The predicted molar refractivity (Wildman–Crippen MR) is 58.0 cm³/mol. The van der Waals surface area contributed by atoms with Gasteiger partial charge in [0.1, 0.15) is 0 Å². The summed E-state index contributed by atoms with van der Waals surface area (Å²) in [6, 6.07) is 5.60. The molecule has 0 aliphatic heterocycles. The molecule has 0 bridgehead atoms. The minimum absolute atomic E-state index is 0.417. The summed E-state index contributed by atoms with van der Waals surface area (Å²) < 4.78 is 2.99. The molecule has 2 aromatic heterocycles. The van der Waals surface area contributed by atoms with E-state index >= 15 is 0 Å². The molecule has 0 aromatic carbocycles. The maximum Gasteiger partial charge on any atom is 0.330 e. The third-order valence-electron chi connectivity index (χ3n) is 1.91. The summed E-state index contributed by atoms with van der Waals surface area (Å²) in [4.78, 5) is 22.3. The van der Waals surface area contributed by atoms with E-state index in [-0.39, 0.29) is 0 Å². The number of nitrogens with zero attached hydrogens (tertiary/aromatic N) is 3. The fourth-order valence-electron chi connectivity index (χ4n) is 1.08. The molecule has 0 spiro atoms. The third-order valence-corrected chi connectivity index (χ3v) is 2.90. The van der Waals surface area contributed by atoms with E-state index in [9.17, 15) is 9.59 Å². The van der Waals surface area contributed by atoms with Gasteiger partial charge in [0, 0.05) is 19.2 Å². The number of pyridine rings is 1. The van der Waals surface area contributed by atoms with Crippen LogP contribution in [0.15, 0.2) is 45.3 Å². The lowest BCUT2D eigenvalue weighted by Crippen LogP contribution is -2.38. The summed E-state index contributed by atoms with van der Waals surface area (Å²) in [6.45, 7) is 0. The average Bonchev–Trinajstić information content (AvgIpc) is 2.31.